The van der Waals surface area contributed by atoms with Crippen LogP contribution in [-0.4, -0.2) is 10.9 Å². The molecular weight excluding hydrogens is 234 g/mol. The molecule has 0 aliphatic heterocycles. The first kappa shape index (κ1) is 11.9. The van der Waals surface area contributed by atoms with Crippen LogP contribution in [-0.2, 0) is 6.54 Å². The molecule has 2 rings (SSSR count). The Bertz CT molecular complexity index is 543. The summed E-state index contributed by atoms with van der Waals surface area (Å²) in [5, 5.41) is 0.547. The molecule has 0 unspecified atom stereocenters. The van der Waals surface area contributed by atoms with Gasteiger partial charge in [-0.1, -0.05) is 41.9 Å². The van der Waals surface area contributed by atoms with E-state index in [0.717, 1.165) is 29.8 Å². The summed E-state index contributed by atoms with van der Waals surface area (Å²) < 4.78 is 2.07. The third-order valence-corrected chi connectivity index (χ3v) is 3.37. The molecule has 0 saturated heterocycles. The van der Waals surface area contributed by atoms with Gasteiger partial charge in [-0.2, -0.15) is 0 Å². The van der Waals surface area contributed by atoms with E-state index in [-0.39, 0.29) is 0 Å². The van der Waals surface area contributed by atoms with Crippen LogP contribution < -0.4 is 0 Å². The number of carbonyl (C=O) groups excluding carboxylic acids is 1. The average molecular weight is 248 g/mol. The lowest BCUT2D eigenvalue weighted by atomic mass is 10.1. The summed E-state index contributed by atoms with van der Waals surface area (Å²) in [6.07, 6.45) is 0.830. The fourth-order valence-electron chi connectivity index (χ4n) is 2.13. The maximum atomic E-state index is 11.1. The van der Waals surface area contributed by atoms with Gasteiger partial charge in [-0.15, -0.1) is 0 Å². The third kappa shape index (κ3) is 1.89. The lowest BCUT2D eigenvalue weighted by Gasteiger charge is -2.09. The van der Waals surface area contributed by atoms with Gasteiger partial charge in [0.1, 0.15) is 0 Å². The SMILES string of the molecule is CCn1c(C)c(C=O)c(Cl)c1-c1ccccc1. The summed E-state index contributed by atoms with van der Waals surface area (Å²) >= 11 is 6.30. The van der Waals surface area contributed by atoms with Gasteiger partial charge in [0.05, 0.1) is 16.3 Å². The van der Waals surface area contributed by atoms with Crippen LogP contribution in [0.15, 0.2) is 30.3 Å². The van der Waals surface area contributed by atoms with E-state index in [1.165, 1.54) is 0 Å². The maximum absolute atomic E-state index is 11.1. The Morgan fingerprint density at radius 2 is 1.94 bits per heavy atom. The van der Waals surface area contributed by atoms with Crippen LogP contribution in [0.1, 0.15) is 23.0 Å². The quantitative estimate of drug-likeness (QED) is 0.753. The minimum Gasteiger partial charge on any atom is -0.343 e. The first-order valence-corrected chi connectivity index (χ1v) is 5.97. The first-order valence-electron chi connectivity index (χ1n) is 5.59. The van der Waals surface area contributed by atoms with Gasteiger partial charge in [-0.25, -0.2) is 0 Å². The normalized spacial score (nSPS) is 10.5. The van der Waals surface area contributed by atoms with Crippen molar-refractivity contribution in [2.24, 2.45) is 0 Å². The number of hydrogen-bond acceptors (Lipinski definition) is 1. The highest BCUT2D eigenvalue weighted by Gasteiger charge is 2.18. The van der Waals surface area contributed by atoms with Crippen molar-refractivity contribution in [1.82, 2.24) is 4.57 Å². The summed E-state index contributed by atoms with van der Waals surface area (Å²) in [6.45, 7) is 4.76. The summed E-state index contributed by atoms with van der Waals surface area (Å²) in [7, 11) is 0. The van der Waals surface area contributed by atoms with Crippen LogP contribution in [0.25, 0.3) is 11.3 Å². The van der Waals surface area contributed by atoms with E-state index in [2.05, 4.69) is 4.57 Å². The van der Waals surface area contributed by atoms with Crippen molar-refractivity contribution < 1.29 is 4.79 Å². The molecule has 3 heteroatoms. The van der Waals surface area contributed by atoms with Crippen LogP contribution in [0.2, 0.25) is 5.02 Å². The van der Waals surface area contributed by atoms with Gasteiger partial charge in [0.15, 0.2) is 6.29 Å². The molecule has 17 heavy (non-hydrogen) atoms. The Labute approximate surface area is 106 Å². The fraction of sp³-hybridized carbons (Fsp3) is 0.214. The molecule has 0 bridgehead atoms. The number of hydrogen-bond donors (Lipinski definition) is 0. The van der Waals surface area contributed by atoms with Gasteiger partial charge in [-0.05, 0) is 19.4 Å². The molecule has 0 aliphatic carbocycles. The molecule has 0 amide bonds. The molecule has 1 aromatic carbocycles. The van der Waals surface area contributed by atoms with Crippen molar-refractivity contribution in [3.63, 3.8) is 0 Å². The molecule has 2 nitrogen and oxygen atoms in total. The lowest BCUT2D eigenvalue weighted by Crippen LogP contribution is -1.99. The summed E-state index contributed by atoms with van der Waals surface area (Å²) in [4.78, 5) is 11.1. The standard InChI is InChI=1S/C14H14ClNO/c1-3-16-10(2)12(9-17)13(15)14(16)11-7-5-4-6-8-11/h4-9H,3H2,1-2H3. The number of aldehydes is 1. The molecule has 0 saturated carbocycles. The Morgan fingerprint density at radius 1 is 1.29 bits per heavy atom. The Morgan fingerprint density at radius 3 is 2.47 bits per heavy atom. The van der Waals surface area contributed by atoms with E-state index < -0.39 is 0 Å². The number of aromatic nitrogens is 1. The second-order valence-corrected chi connectivity index (χ2v) is 4.27. The minimum atomic E-state index is 0.547. The number of nitrogens with zero attached hydrogens (tertiary/aromatic N) is 1. The van der Waals surface area contributed by atoms with Crippen LogP contribution >= 0.6 is 11.6 Å². The zero-order valence-corrected chi connectivity index (χ0v) is 10.7. The molecular formula is C14H14ClNO. The highest BCUT2D eigenvalue weighted by atomic mass is 35.5. The number of carbonyl (C=O) groups is 1. The second kappa shape index (κ2) is 4.76. The molecule has 0 aliphatic rings. The molecule has 1 aromatic heterocycles. The van der Waals surface area contributed by atoms with E-state index >= 15 is 0 Å². The molecule has 0 atom stereocenters. The highest BCUT2D eigenvalue weighted by Crippen LogP contribution is 2.34. The minimum absolute atomic E-state index is 0.547. The van der Waals surface area contributed by atoms with E-state index in [4.69, 9.17) is 11.6 Å². The second-order valence-electron chi connectivity index (χ2n) is 3.89. The van der Waals surface area contributed by atoms with Gasteiger partial charge in [0.25, 0.3) is 0 Å². The number of halogens is 1. The maximum Gasteiger partial charge on any atom is 0.153 e. The van der Waals surface area contributed by atoms with Crippen molar-refractivity contribution in [2.45, 2.75) is 20.4 Å². The van der Waals surface area contributed by atoms with E-state index in [1.54, 1.807) is 0 Å². The third-order valence-electron chi connectivity index (χ3n) is 2.99. The van der Waals surface area contributed by atoms with Gasteiger partial charge >= 0.3 is 0 Å². The summed E-state index contributed by atoms with van der Waals surface area (Å²) in [6, 6.07) is 9.90. The van der Waals surface area contributed by atoms with Gasteiger partial charge in [0, 0.05) is 12.2 Å². The first-order chi connectivity index (χ1) is 8.20. The van der Waals surface area contributed by atoms with Crippen molar-refractivity contribution in [1.29, 1.82) is 0 Å². The number of benzene rings is 1. The molecule has 1 heterocycles. The molecule has 0 spiro atoms. The summed E-state index contributed by atoms with van der Waals surface area (Å²) in [5.41, 5.74) is 3.48. The molecule has 88 valence electrons. The smallest absolute Gasteiger partial charge is 0.153 e. The van der Waals surface area contributed by atoms with Crippen LogP contribution in [0.3, 0.4) is 0 Å². The molecule has 0 N–H and O–H groups in total. The molecule has 0 fully saturated rings. The van der Waals surface area contributed by atoms with Gasteiger partial charge in [-0.3, -0.25) is 4.79 Å². The number of rotatable bonds is 3. The zero-order valence-electron chi connectivity index (χ0n) is 9.90. The highest BCUT2D eigenvalue weighted by molar-refractivity contribution is 6.35. The van der Waals surface area contributed by atoms with Crippen molar-refractivity contribution in [3.8, 4) is 11.3 Å². The monoisotopic (exact) mass is 247 g/mol. The fourth-order valence-corrected chi connectivity index (χ4v) is 2.52. The Balaban J connectivity index is 2.73. The average Bonchev–Trinajstić information content (AvgIpc) is 2.61. The van der Waals surface area contributed by atoms with Gasteiger partial charge in [0.2, 0.25) is 0 Å². The van der Waals surface area contributed by atoms with E-state index in [1.807, 2.05) is 44.2 Å². The molecule has 0 radical (unpaired) electrons. The van der Waals surface area contributed by atoms with Crippen LogP contribution in [0.5, 0.6) is 0 Å². The largest absolute Gasteiger partial charge is 0.343 e. The Hall–Kier alpha value is -1.54. The zero-order chi connectivity index (χ0) is 12.4. The van der Waals surface area contributed by atoms with E-state index in [0.29, 0.717) is 10.6 Å². The topological polar surface area (TPSA) is 22.0 Å². The van der Waals surface area contributed by atoms with Crippen molar-refractivity contribution >= 4 is 17.9 Å². The van der Waals surface area contributed by atoms with Gasteiger partial charge < -0.3 is 4.57 Å². The van der Waals surface area contributed by atoms with Crippen LogP contribution in [0, 0.1) is 6.92 Å². The van der Waals surface area contributed by atoms with Crippen LogP contribution in [0.4, 0.5) is 0 Å². The molecule has 2 aromatic rings. The van der Waals surface area contributed by atoms with E-state index in [9.17, 15) is 4.79 Å². The van der Waals surface area contributed by atoms with Crippen molar-refractivity contribution in [3.05, 3.63) is 46.6 Å². The summed E-state index contributed by atoms with van der Waals surface area (Å²) in [5.74, 6) is 0. The predicted octanol–water partition coefficient (Wildman–Crippen LogP) is 3.95. The predicted molar refractivity (Wildman–Crippen MR) is 70.7 cm³/mol. The lowest BCUT2D eigenvalue weighted by molar-refractivity contribution is 0.112. The Kier molecular flexibility index (Phi) is 3.34. The van der Waals surface area contributed by atoms with Crippen molar-refractivity contribution in [2.75, 3.05) is 0 Å².